The van der Waals surface area contributed by atoms with Crippen LogP contribution in [0.5, 0.6) is 0 Å². The Kier molecular flexibility index (Phi) is 4.87. The highest BCUT2D eigenvalue weighted by Crippen LogP contribution is 2.30. The van der Waals surface area contributed by atoms with E-state index in [1.165, 1.54) is 32.1 Å². The van der Waals surface area contributed by atoms with Gasteiger partial charge in [0.1, 0.15) is 11.5 Å². The second-order valence-electron chi connectivity index (χ2n) is 5.26. The van der Waals surface area contributed by atoms with Gasteiger partial charge in [-0.3, -0.25) is 10.1 Å². The number of nitro benzene ring substituents is 1. The van der Waals surface area contributed by atoms with Crippen molar-refractivity contribution >= 4 is 11.4 Å². The molecule has 4 nitrogen and oxygen atoms in total. The van der Waals surface area contributed by atoms with Crippen LogP contribution in [0, 0.1) is 27.7 Å². The first-order valence-corrected chi connectivity index (χ1v) is 6.95. The van der Waals surface area contributed by atoms with Gasteiger partial charge < -0.3 is 5.32 Å². The third-order valence-corrected chi connectivity index (χ3v) is 3.80. The molecule has 2 rings (SSSR count). The van der Waals surface area contributed by atoms with E-state index >= 15 is 0 Å². The molecule has 0 bridgehead atoms. The van der Waals surface area contributed by atoms with Crippen molar-refractivity contribution in [2.75, 3.05) is 11.9 Å². The molecular formula is C14H18F2N2O2. The minimum absolute atomic E-state index is 0.0803. The smallest absolute Gasteiger partial charge is 0.327 e. The maximum Gasteiger partial charge on any atom is 0.327 e. The highest BCUT2D eigenvalue weighted by atomic mass is 19.1. The van der Waals surface area contributed by atoms with Crippen molar-refractivity contribution in [1.82, 2.24) is 0 Å². The first-order chi connectivity index (χ1) is 9.58. The van der Waals surface area contributed by atoms with E-state index in [1.807, 2.05) is 0 Å². The SMILES string of the molecule is O=[N+]([O-])c1c(F)cc(F)cc1NCCC1CCCCC1. The van der Waals surface area contributed by atoms with Gasteiger partial charge >= 0.3 is 5.69 Å². The molecule has 6 heteroatoms. The summed E-state index contributed by atoms with van der Waals surface area (Å²) in [6.07, 6.45) is 6.92. The van der Waals surface area contributed by atoms with Crippen LogP contribution in [0.15, 0.2) is 12.1 Å². The van der Waals surface area contributed by atoms with Crippen molar-refractivity contribution in [2.24, 2.45) is 5.92 Å². The molecule has 0 aromatic heterocycles. The monoisotopic (exact) mass is 284 g/mol. The number of anilines is 1. The minimum Gasteiger partial charge on any atom is -0.379 e. The summed E-state index contributed by atoms with van der Waals surface area (Å²) in [5.74, 6) is -1.35. The third-order valence-electron chi connectivity index (χ3n) is 3.80. The van der Waals surface area contributed by atoms with Crippen LogP contribution in [0.1, 0.15) is 38.5 Å². The zero-order valence-electron chi connectivity index (χ0n) is 11.2. The summed E-state index contributed by atoms with van der Waals surface area (Å²) in [6, 6.07) is 1.51. The van der Waals surface area contributed by atoms with Crippen LogP contribution < -0.4 is 5.32 Å². The summed E-state index contributed by atoms with van der Waals surface area (Å²) in [4.78, 5) is 10.0. The molecule has 0 radical (unpaired) electrons. The number of benzene rings is 1. The zero-order chi connectivity index (χ0) is 14.5. The molecule has 0 spiro atoms. The zero-order valence-corrected chi connectivity index (χ0v) is 11.2. The van der Waals surface area contributed by atoms with Crippen molar-refractivity contribution in [3.8, 4) is 0 Å². The average Bonchev–Trinajstić information content (AvgIpc) is 2.38. The molecule has 0 unspecified atom stereocenters. The van der Waals surface area contributed by atoms with Gasteiger partial charge in [-0.1, -0.05) is 32.1 Å². The Morgan fingerprint density at radius 1 is 1.25 bits per heavy atom. The van der Waals surface area contributed by atoms with Crippen molar-refractivity contribution in [3.63, 3.8) is 0 Å². The van der Waals surface area contributed by atoms with E-state index in [0.717, 1.165) is 12.5 Å². The Morgan fingerprint density at radius 3 is 2.60 bits per heavy atom. The molecular weight excluding hydrogens is 266 g/mol. The molecule has 20 heavy (non-hydrogen) atoms. The Hall–Kier alpha value is -1.72. The Labute approximate surface area is 116 Å². The van der Waals surface area contributed by atoms with Crippen LogP contribution in [-0.2, 0) is 0 Å². The van der Waals surface area contributed by atoms with Crippen molar-refractivity contribution in [3.05, 3.63) is 33.9 Å². The number of nitro groups is 1. The van der Waals surface area contributed by atoms with Crippen LogP contribution in [0.2, 0.25) is 0 Å². The molecule has 1 aliphatic rings. The lowest BCUT2D eigenvalue weighted by Gasteiger charge is -2.21. The summed E-state index contributed by atoms with van der Waals surface area (Å²) in [7, 11) is 0. The van der Waals surface area contributed by atoms with E-state index in [0.29, 0.717) is 18.5 Å². The van der Waals surface area contributed by atoms with Gasteiger partial charge in [-0.05, 0) is 12.3 Å². The Bertz CT molecular complexity index is 488. The van der Waals surface area contributed by atoms with Crippen LogP contribution in [-0.4, -0.2) is 11.5 Å². The van der Waals surface area contributed by atoms with Gasteiger partial charge in [0, 0.05) is 18.7 Å². The number of nitrogens with zero attached hydrogens (tertiary/aromatic N) is 1. The summed E-state index contributed by atoms with van der Waals surface area (Å²) in [5.41, 5.74) is -0.765. The highest BCUT2D eigenvalue weighted by molar-refractivity contribution is 5.62. The van der Waals surface area contributed by atoms with Gasteiger partial charge in [-0.2, -0.15) is 4.39 Å². The number of rotatable bonds is 5. The maximum atomic E-state index is 13.4. The minimum atomic E-state index is -1.14. The molecule has 110 valence electrons. The van der Waals surface area contributed by atoms with E-state index in [9.17, 15) is 18.9 Å². The molecule has 1 saturated carbocycles. The Balaban J connectivity index is 1.99. The van der Waals surface area contributed by atoms with Gasteiger partial charge in [0.05, 0.1) is 4.92 Å². The standard InChI is InChI=1S/C14H18F2N2O2/c15-11-8-12(16)14(18(19)20)13(9-11)17-7-6-10-4-2-1-3-5-10/h8-10,17H,1-7H2. The fraction of sp³-hybridized carbons (Fsp3) is 0.571. The van der Waals surface area contributed by atoms with E-state index in [-0.39, 0.29) is 5.69 Å². The number of halogens is 2. The highest BCUT2D eigenvalue weighted by Gasteiger charge is 2.22. The largest absolute Gasteiger partial charge is 0.379 e. The van der Waals surface area contributed by atoms with Crippen LogP contribution in [0.4, 0.5) is 20.2 Å². The average molecular weight is 284 g/mol. The van der Waals surface area contributed by atoms with Crippen LogP contribution in [0.25, 0.3) is 0 Å². The van der Waals surface area contributed by atoms with Crippen LogP contribution >= 0.6 is 0 Å². The first-order valence-electron chi connectivity index (χ1n) is 6.95. The Morgan fingerprint density at radius 2 is 1.95 bits per heavy atom. The summed E-state index contributed by atoms with van der Waals surface area (Å²) >= 11 is 0. The predicted octanol–water partition coefficient (Wildman–Crippen LogP) is 4.26. The van der Waals surface area contributed by atoms with E-state index in [2.05, 4.69) is 5.32 Å². The van der Waals surface area contributed by atoms with Crippen molar-refractivity contribution in [2.45, 2.75) is 38.5 Å². The molecule has 0 heterocycles. The molecule has 0 aliphatic heterocycles. The predicted molar refractivity (Wildman–Crippen MR) is 72.7 cm³/mol. The molecule has 0 atom stereocenters. The lowest BCUT2D eigenvalue weighted by molar-refractivity contribution is -0.386. The molecule has 1 fully saturated rings. The second-order valence-corrected chi connectivity index (χ2v) is 5.26. The first kappa shape index (κ1) is 14.7. The third kappa shape index (κ3) is 3.65. The summed E-state index contributed by atoms with van der Waals surface area (Å²) < 4.78 is 26.6. The van der Waals surface area contributed by atoms with Gasteiger partial charge in [0.2, 0.25) is 5.82 Å². The van der Waals surface area contributed by atoms with Gasteiger partial charge in [-0.15, -0.1) is 0 Å². The maximum absolute atomic E-state index is 13.4. The molecule has 0 saturated heterocycles. The van der Waals surface area contributed by atoms with E-state index in [4.69, 9.17) is 0 Å². The molecule has 1 aromatic carbocycles. The molecule has 1 aliphatic carbocycles. The van der Waals surface area contributed by atoms with Gasteiger partial charge in [-0.25, -0.2) is 4.39 Å². The van der Waals surface area contributed by atoms with E-state index in [1.54, 1.807) is 0 Å². The number of nitrogens with one attached hydrogen (secondary N) is 1. The fourth-order valence-electron chi connectivity index (χ4n) is 2.77. The molecule has 1 aromatic rings. The lowest BCUT2D eigenvalue weighted by Crippen LogP contribution is -2.13. The summed E-state index contributed by atoms with van der Waals surface area (Å²) in [6.45, 7) is 0.494. The van der Waals surface area contributed by atoms with E-state index < -0.39 is 22.2 Å². The fourth-order valence-corrected chi connectivity index (χ4v) is 2.77. The number of hydrogen-bond acceptors (Lipinski definition) is 3. The van der Waals surface area contributed by atoms with Gasteiger partial charge in [0.15, 0.2) is 0 Å². The van der Waals surface area contributed by atoms with Crippen molar-refractivity contribution in [1.29, 1.82) is 0 Å². The molecule has 0 amide bonds. The molecule has 1 N–H and O–H groups in total. The van der Waals surface area contributed by atoms with Crippen LogP contribution in [0.3, 0.4) is 0 Å². The van der Waals surface area contributed by atoms with Crippen molar-refractivity contribution < 1.29 is 13.7 Å². The number of hydrogen-bond donors (Lipinski definition) is 1. The normalized spacial score (nSPS) is 16.1. The summed E-state index contributed by atoms with van der Waals surface area (Å²) in [5, 5.41) is 13.6. The lowest BCUT2D eigenvalue weighted by atomic mass is 9.87. The quantitative estimate of drug-likeness (QED) is 0.649. The second kappa shape index (κ2) is 6.63. The van der Waals surface area contributed by atoms with Gasteiger partial charge in [0.25, 0.3) is 0 Å². The topological polar surface area (TPSA) is 55.2 Å².